The Labute approximate surface area is 95.9 Å². The van der Waals surface area contributed by atoms with E-state index in [-0.39, 0.29) is 0 Å². The molecular weight excluding hydrogens is 242 g/mol. The van der Waals surface area contributed by atoms with Crippen LogP contribution in [0.15, 0.2) is 0 Å². The minimum atomic E-state index is 0.459. The van der Waals surface area contributed by atoms with Crippen molar-refractivity contribution in [3.8, 4) is 0 Å². The molecule has 0 aliphatic carbocycles. The molecule has 0 radical (unpaired) electrons. The van der Waals surface area contributed by atoms with Gasteiger partial charge in [0, 0.05) is 11.4 Å². The molecule has 84 valence electrons. The Balaban J connectivity index is 1.94. The molecule has 1 aliphatic rings. The molecule has 0 bridgehead atoms. The van der Waals surface area contributed by atoms with Crippen molar-refractivity contribution in [3.05, 3.63) is 0 Å². The van der Waals surface area contributed by atoms with E-state index < -0.39 is 0 Å². The predicted molar refractivity (Wildman–Crippen MR) is 64.1 cm³/mol. The molecule has 1 heterocycles. The van der Waals surface area contributed by atoms with Crippen molar-refractivity contribution in [3.63, 3.8) is 0 Å². The Bertz CT molecular complexity index is 154. The van der Waals surface area contributed by atoms with Crippen molar-refractivity contribution in [1.82, 2.24) is 5.32 Å². The van der Waals surface area contributed by atoms with Gasteiger partial charge < -0.3 is 10.1 Å². The van der Waals surface area contributed by atoms with Crippen molar-refractivity contribution in [2.45, 2.75) is 56.6 Å². The SMILES string of the molecule is CCC(Br)CCNCC1CCC(C)O1. The normalized spacial score (nSPS) is 29.4. The van der Waals surface area contributed by atoms with E-state index >= 15 is 0 Å². The molecule has 2 nitrogen and oxygen atoms in total. The molecule has 3 atom stereocenters. The number of alkyl halides is 1. The Morgan fingerprint density at radius 3 is 2.86 bits per heavy atom. The summed E-state index contributed by atoms with van der Waals surface area (Å²) in [5, 5.41) is 3.46. The van der Waals surface area contributed by atoms with Crippen LogP contribution in [0.3, 0.4) is 0 Å². The molecule has 0 spiro atoms. The molecular formula is C11H22BrNO. The molecule has 0 amide bonds. The molecule has 0 aromatic rings. The van der Waals surface area contributed by atoms with Crippen LogP contribution in [-0.4, -0.2) is 30.1 Å². The van der Waals surface area contributed by atoms with E-state index in [1.807, 2.05) is 0 Å². The molecule has 0 saturated carbocycles. The van der Waals surface area contributed by atoms with Gasteiger partial charge in [0.1, 0.15) is 0 Å². The first-order valence-electron chi connectivity index (χ1n) is 5.72. The highest BCUT2D eigenvalue weighted by Gasteiger charge is 2.20. The molecule has 14 heavy (non-hydrogen) atoms. The minimum absolute atomic E-state index is 0.459. The highest BCUT2D eigenvalue weighted by Crippen LogP contribution is 2.18. The topological polar surface area (TPSA) is 21.3 Å². The van der Waals surface area contributed by atoms with Crippen LogP contribution in [0, 0.1) is 0 Å². The molecule has 1 saturated heterocycles. The first kappa shape index (κ1) is 12.5. The van der Waals surface area contributed by atoms with Crippen LogP contribution in [0.2, 0.25) is 0 Å². The van der Waals surface area contributed by atoms with E-state index in [9.17, 15) is 0 Å². The maximum Gasteiger partial charge on any atom is 0.0704 e. The molecule has 0 aromatic heterocycles. The Kier molecular flexibility index (Phi) is 6.06. The fraction of sp³-hybridized carbons (Fsp3) is 1.00. The second-order valence-corrected chi connectivity index (χ2v) is 5.44. The van der Waals surface area contributed by atoms with Crippen LogP contribution < -0.4 is 5.32 Å². The van der Waals surface area contributed by atoms with E-state index in [0.29, 0.717) is 17.0 Å². The average molecular weight is 264 g/mol. The molecule has 1 rings (SSSR count). The van der Waals surface area contributed by atoms with Crippen LogP contribution in [0.5, 0.6) is 0 Å². The van der Waals surface area contributed by atoms with E-state index in [1.54, 1.807) is 0 Å². The summed E-state index contributed by atoms with van der Waals surface area (Å²) in [6.45, 7) is 6.48. The second-order valence-electron chi connectivity index (χ2n) is 4.14. The highest BCUT2D eigenvalue weighted by atomic mass is 79.9. The number of ether oxygens (including phenoxy) is 1. The third-order valence-corrected chi connectivity index (χ3v) is 3.87. The standard InChI is InChI=1S/C11H22BrNO/c1-3-10(12)6-7-13-8-11-5-4-9(2)14-11/h9-11,13H,3-8H2,1-2H3. The minimum Gasteiger partial charge on any atom is -0.374 e. The van der Waals surface area contributed by atoms with Gasteiger partial charge in [0.2, 0.25) is 0 Å². The number of nitrogens with one attached hydrogen (secondary N) is 1. The summed E-state index contributed by atoms with van der Waals surface area (Å²) in [5.41, 5.74) is 0. The van der Waals surface area contributed by atoms with Gasteiger partial charge in [-0.25, -0.2) is 0 Å². The van der Waals surface area contributed by atoms with Crippen LogP contribution in [0.25, 0.3) is 0 Å². The molecule has 1 aliphatic heterocycles. The highest BCUT2D eigenvalue weighted by molar-refractivity contribution is 9.09. The second kappa shape index (κ2) is 6.81. The first-order chi connectivity index (χ1) is 6.72. The molecule has 1 N–H and O–H groups in total. The van der Waals surface area contributed by atoms with E-state index in [4.69, 9.17) is 4.74 Å². The fourth-order valence-electron chi connectivity index (χ4n) is 1.76. The summed E-state index contributed by atoms with van der Waals surface area (Å²) >= 11 is 3.63. The zero-order valence-electron chi connectivity index (χ0n) is 9.26. The van der Waals surface area contributed by atoms with Gasteiger partial charge in [-0.15, -0.1) is 0 Å². The van der Waals surface area contributed by atoms with Crippen molar-refractivity contribution < 1.29 is 4.74 Å². The lowest BCUT2D eigenvalue weighted by atomic mass is 10.2. The number of hydrogen-bond donors (Lipinski definition) is 1. The smallest absolute Gasteiger partial charge is 0.0704 e. The van der Waals surface area contributed by atoms with Gasteiger partial charge in [0.25, 0.3) is 0 Å². The first-order valence-corrected chi connectivity index (χ1v) is 6.64. The summed E-state index contributed by atoms with van der Waals surface area (Å²) < 4.78 is 5.72. The average Bonchev–Trinajstić information content (AvgIpc) is 2.58. The quantitative estimate of drug-likeness (QED) is 0.588. The van der Waals surface area contributed by atoms with Gasteiger partial charge >= 0.3 is 0 Å². The maximum absolute atomic E-state index is 5.72. The van der Waals surface area contributed by atoms with Gasteiger partial charge in [-0.2, -0.15) is 0 Å². The van der Waals surface area contributed by atoms with Crippen molar-refractivity contribution in [2.75, 3.05) is 13.1 Å². The lowest BCUT2D eigenvalue weighted by Crippen LogP contribution is -2.28. The molecule has 3 unspecified atom stereocenters. The van der Waals surface area contributed by atoms with Crippen molar-refractivity contribution >= 4 is 15.9 Å². The summed E-state index contributed by atoms with van der Waals surface area (Å²) in [5.74, 6) is 0. The molecule has 0 aromatic carbocycles. The summed E-state index contributed by atoms with van der Waals surface area (Å²) in [6, 6.07) is 0. The van der Waals surface area contributed by atoms with E-state index in [0.717, 1.165) is 13.1 Å². The van der Waals surface area contributed by atoms with Crippen molar-refractivity contribution in [2.24, 2.45) is 0 Å². The fourth-order valence-corrected chi connectivity index (χ4v) is 1.99. The lowest BCUT2D eigenvalue weighted by Gasteiger charge is -2.13. The Hall–Kier alpha value is 0.400. The van der Waals surface area contributed by atoms with E-state index in [2.05, 4.69) is 35.1 Å². The largest absolute Gasteiger partial charge is 0.374 e. The summed E-state index contributed by atoms with van der Waals surface area (Å²) in [6.07, 6.45) is 5.79. The maximum atomic E-state index is 5.72. The Morgan fingerprint density at radius 1 is 1.50 bits per heavy atom. The monoisotopic (exact) mass is 263 g/mol. The van der Waals surface area contributed by atoms with Gasteiger partial charge in [-0.3, -0.25) is 0 Å². The zero-order valence-corrected chi connectivity index (χ0v) is 10.8. The summed E-state index contributed by atoms with van der Waals surface area (Å²) in [7, 11) is 0. The van der Waals surface area contributed by atoms with Crippen LogP contribution >= 0.6 is 15.9 Å². The van der Waals surface area contributed by atoms with Crippen molar-refractivity contribution in [1.29, 1.82) is 0 Å². The zero-order chi connectivity index (χ0) is 10.4. The van der Waals surface area contributed by atoms with Gasteiger partial charge in [0.05, 0.1) is 12.2 Å². The van der Waals surface area contributed by atoms with Crippen LogP contribution in [0.4, 0.5) is 0 Å². The number of hydrogen-bond acceptors (Lipinski definition) is 2. The third kappa shape index (κ3) is 4.76. The van der Waals surface area contributed by atoms with Crippen LogP contribution in [-0.2, 0) is 4.74 Å². The van der Waals surface area contributed by atoms with Gasteiger partial charge in [-0.1, -0.05) is 22.9 Å². The van der Waals surface area contributed by atoms with Crippen LogP contribution in [0.1, 0.15) is 39.5 Å². The lowest BCUT2D eigenvalue weighted by molar-refractivity contribution is 0.0561. The number of halogens is 1. The Morgan fingerprint density at radius 2 is 2.29 bits per heavy atom. The predicted octanol–water partition coefficient (Wildman–Crippen LogP) is 2.71. The number of rotatable bonds is 6. The summed E-state index contributed by atoms with van der Waals surface area (Å²) in [4.78, 5) is 0.665. The van der Waals surface area contributed by atoms with Gasteiger partial charge in [0.15, 0.2) is 0 Å². The third-order valence-electron chi connectivity index (χ3n) is 2.77. The van der Waals surface area contributed by atoms with Gasteiger partial charge in [-0.05, 0) is 39.2 Å². The molecule has 1 fully saturated rings. The van der Waals surface area contributed by atoms with E-state index in [1.165, 1.54) is 25.7 Å². The molecule has 3 heteroatoms.